The molecular weight excluding hydrogens is 316 g/mol. The van der Waals surface area contributed by atoms with Crippen molar-refractivity contribution in [3.8, 4) is 0 Å². The Morgan fingerprint density at radius 2 is 1.40 bits per heavy atom. The van der Waals surface area contributed by atoms with E-state index in [9.17, 15) is 9.59 Å². The maximum absolute atomic E-state index is 12.1. The van der Waals surface area contributed by atoms with Gasteiger partial charge in [-0.3, -0.25) is 4.79 Å². The molecule has 1 rings (SSSR count). The number of benzene rings is 1. The highest BCUT2D eigenvalue weighted by Gasteiger charge is 2.28. The molecule has 5 heteroatoms. The lowest BCUT2D eigenvalue weighted by atomic mass is 9.87. The van der Waals surface area contributed by atoms with Crippen molar-refractivity contribution < 1.29 is 14.3 Å². The molecule has 0 spiro atoms. The summed E-state index contributed by atoms with van der Waals surface area (Å²) >= 11 is 0. The van der Waals surface area contributed by atoms with Gasteiger partial charge in [-0.25, -0.2) is 4.79 Å². The average Bonchev–Trinajstić information content (AvgIpc) is 2.45. The van der Waals surface area contributed by atoms with E-state index < -0.39 is 17.2 Å². The second kappa shape index (κ2) is 7.89. The fraction of sp³-hybridized carbons (Fsp3) is 0.600. The zero-order valence-corrected chi connectivity index (χ0v) is 16.7. The number of hydrogen-bond donors (Lipinski definition) is 2. The van der Waals surface area contributed by atoms with Crippen LogP contribution < -0.4 is 10.6 Å². The summed E-state index contributed by atoms with van der Waals surface area (Å²) in [6, 6.07) is 7.88. The van der Waals surface area contributed by atoms with Gasteiger partial charge in [0, 0.05) is 5.92 Å². The molecule has 2 N–H and O–H groups in total. The number of hydrogen-bond acceptors (Lipinski definition) is 3. The van der Waals surface area contributed by atoms with Gasteiger partial charge in [0.2, 0.25) is 5.91 Å². The van der Waals surface area contributed by atoms with Gasteiger partial charge in [0.25, 0.3) is 0 Å². The Morgan fingerprint density at radius 3 is 1.84 bits per heavy atom. The Hall–Kier alpha value is -2.04. The lowest BCUT2D eigenvalue weighted by Gasteiger charge is -2.31. The van der Waals surface area contributed by atoms with Crippen molar-refractivity contribution in [2.24, 2.45) is 5.92 Å². The molecule has 1 aromatic carbocycles. The topological polar surface area (TPSA) is 67.4 Å². The molecule has 0 fully saturated rings. The third kappa shape index (κ3) is 6.07. The highest BCUT2D eigenvalue weighted by atomic mass is 16.6. The summed E-state index contributed by atoms with van der Waals surface area (Å²) in [7, 11) is 0. The highest BCUT2D eigenvalue weighted by molar-refractivity contribution is 5.78. The molecule has 0 bridgehead atoms. The lowest BCUT2D eigenvalue weighted by Crippen LogP contribution is -2.44. The molecule has 0 saturated carbocycles. The first-order chi connectivity index (χ1) is 11.3. The van der Waals surface area contributed by atoms with E-state index in [-0.39, 0.29) is 17.9 Å². The predicted octanol–water partition coefficient (Wildman–Crippen LogP) is 4.06. The summed E-state index contributed by atoms with van der Waals surface area (Å²) in [6.07, 6.45) is -0.620. The maximum atomic E-state index is 12.1. The molecule has 0 aromatic heterocycles. The van der Waals surface area contributed by atoms with Gasteiger partial charge < -0.3 is 15.4 Å². The van der Waals surface area contributed by atoms with Gasteiger partial charge in [0.05, 0.1) is 17.2 Å². The third-order valence-electron chi connectivity index (χ3n) is 4.02. The van der Waals surface area contributed by atoms with Crippen LogP contribution in [0.15, 0.2) is 24.3 Å². The molecule has 2 amide bonds. The molecule has 25 heavy (non-hydrogen) atoms. The van der Waals surface area contributed by atoms with Gasteiger partial charge in [0.15, 0.2) is 0 Å². The predicted molar refractivity (Wildman–Crippen MR) is 100 cm³/mol. The van der Waals surface area contributed by atoms with E-state index in [1.165, 1.54) is 0 Å². The molecule has 0 saturated heterocycles. The van der Waals surface area contributed by atoms with Gasteiger partial charge in [-0.15, -0.1) is 0 Å². The molecule has 1 aromatic rings. The van der Waals surface area contributed by atoms with Crippen molar-refractivity contribution >= 4 is 12.0 Å². The molecule has 140 valence electrons. The quantitative estimate of drug-likeness (QED) is 0.814. The normalized spacial score (nSPS) is 12.2. The van der Waals surface area contributed by atoms with Gasteiger partial charge in [-0.05, 0) is 52.7 Å². The largest absolute Gasteiger partial charge is 0.447 e. The number of alkyl carbamates (subject to hydrolysis) is 1. The lowest BCUT2D eigenvalue weighted by molar-refractivity contribution is -0.125. The summed E-state index contributed by atoms with van der Waals surface area (Å²) in [5.74, 6) is -0.0698. The number of rotatable bonds is 6. The van der Waals surface area contributed by atoms with Crippen LogP contribution in [-0.4, -0.2) is 18.1 Å². The minimum atomic E-state index is -0.597. The first-order valence-corrected chi connectivity index (χ1v) is 8.77. The van der Waals surface area contributed by atoms with Crippen molar-refractivity contribution in [3.63, 3.8) is 0 Å². The molecule has 5 nitrogen and oxygen atoms in total. The van der Waals surface area contributed by atoms with Gasteiger partial charge in [-0.1, -0.05) is 38.1 Å². The Kier molecular flexibility index (Phi) is 6.63. The highest BCUT2D eigenvalue weighted by Crippen LogP contribution is 2.27. The summed E-state index contributed by atoms with van der Waals surface area (Å²) < 4.78 is 5.18. The zero-order valence-electron chi connectivity index (χ0n) is 16.7. The molecule has 0 aliphatic heterocycles. The van der Waals surface area contributed by atoms with Crippen LogP contribution in [0.5, 0.6) is 0 Å². The van der Waals surface area contributed by atoms with Crippen molar-refractivity contribution in [1.82, 2.24) is 10.6 Å². The monoisotopic (exact) mass is 348 g/mol. The van der Waals surface area contributed by atoms with Gasteiger partial charge in [0.1, 0.15) is 0 Å². The van der Waals surface area contributed by atoms with Crippen molar-refractivity contribution in [2.75, 3.05) is 0 Å². The molecule has 0 aliphatic carbocycles. The minimum Gasteiger partial charge on any atom is -0.447 e. The molecule has 0 heterocycles. The van der Waals surface area contributed by atoms with Crippen LogP contribution >= 0.6 is 0 Å². The smallest absolute Gasteiger partial charge is 0.408 e. The van der Waals surface area contributed by atoms with Crippen LogP contribution in [0.25, 0.3) is 0 Å². The minimum absolute atomic E-state index is 0.00768. The Morgan fingerprint density at radius 1 is 0.920 bits per heavy atom. The first kappa shape index (κ1) is 21.0. The number of ether oxygens (including phenoxy) is 1. The van der Waals surface area contributed by atoms with E-state index in [1.807, 2.05) is 79.7 Å². The van der Waals surface area contributed by atoms with E-state index >= 15 is 0 Å². The fourth-order valence-corrected chi connectivity index (χ4v) is 2.39. The van der Waals surface area contributed by atoms with Crippen molar-refractivity contribution in [2.45, 2.75) is 72.6 Å². The number of nitrogens with one attached hydrogen (secondary N) is 2. The van der Waals surface area contributed by atoms with Crippen LogP contribution in [-0.2, 0) is 20.6 Å². The Bertz CT molecular complexity index is 619. The molecule has 0 unspecified atom stereocenters. The second-order valence-corrected chi connectivity index (χ2v) is 8.05. The van der Waals surface area contributed by atoms with Crippen LogP contribution in [0.3, 0.4) is 0 Å². The van der Waals surface area contributed by atoms with E-state index in [2.05, 4.69) is 10.6 Å². The Labute approximate surface area is 151 Å². The summed E-state index contributed by atoms with van der Waals surface area (Å²) in [5.41, 5.74) is 0.815. The third-order valence-corrected chi connectivity index (χ3v) is 4.02. The summed E-state index contributed by atoms with van der Waals surface area (Å²) in [5, 5.41) is 5.96. The van der Waals surface area contributed by atoms with Crippen molar-refractivity contribution in [1.29, 1.82) is 0 Å². The molecule has 0 aliphatic rings. The average molecular weight is 348 g/mol. The standard InChI is InChI=1S/C20H32N2O3/c1-13(2)17(23)21-19(5,6)15-10-9-11-16(12-15)20(7,8)22-18(24)25-14(3)4/h9-14H,1-8H3,(H,21,23)(H,22,24). The molecular formula is C20H32N2O3. The van der Waals surface area contributed by atoms with Gasteiger partial charge in [-0.2, -0.15) is 0 Å². The molecule has 0 radical (unpaired) electrons. The van der Waals surface area contributed by atoms with Crippen molar-refractivity contribution in [3.05, 3.63) is 35.4 Å². The van der Waals surface area contributed by atoms with E-state index in [0.717, 1.165) is 11.1 Å². The SMILES string of the molecule is CC(C)OC(=O)NC(C)(C)c1cccc(C(C)(C)NC(=O)C(C)C)c1. The molecule has 0 atom stereocenters. The fourth-order valence-electron chi connectivity index (χ4n) is 2.39. The van der Waals surface area contributed by atoms with E-state index in [1.54, 1.807) is 0 Å². The van der Waals surface area contributed by atoms with Crippen LogP contribution in [0.4, 0.5) is 4.79 Å². The zero-order chi connectivity index (χ0) is 19.4. The first-order valence-electron chi connectivity index (χ1n) is 8.77. The number of carbonyl (C=O) groups excluding carboxylic acids is 2. The van der Waals surface area contributed by atoms with Crippen LogP contribution in [0.2, 0.25) is 0 Å². The van der Waals surface area contributed by atoms with Crippen LogP contribution in [0, 0.1) is 5.92 Å². The maximum Gasteiger partial charge on any atom is 0.408 e. The summed E-state index contributed by atoms with van der Waals surface area (Å²) in [6.45, 7) is 15.2. The second-order valence-electron chi connectivity index (χ2n) is 8.05. The van der Waals surface area contributed by atoms with E-state index in [0.29, 0.717) is 0 Å². The number of carbonyl (C=O) groups is 2. The Balaban J connectivity index is 3.03. The number of amides is 2. The summed E-state index contributed by atoms with van der Waals surface area (Å²) in [4.78, 5) is 24.0. The van der Waals surface area contributed by atoms with E-state index in [4.69, 9.17) is 4.74 Å². The van der Waals surface area contributed by atoms with Gasteiger partial charge >= 0.3 is 6.09 Å². The van der Waals surface area contributed by atoms with Crippen LogP contribution in [0.1, 0.15) is 66.5 Å².